The lowest BCUT2D eigenvalue weighted by atomic mass is 9.85. The monoisotopic (exact) mass is 312 g/mol. The average Bonchev–Trinajstić information content (AvgIpc) is 2.45. The predicted molar refractivity (Wildman–Crippen MR) is 103 cm³/mol. The Balaban J connectivity index is 2.70. The zero-order valence-corrected chi connectivity index (χ0v) is 15.9. The molecule has 0 amide bonds. The highest BCUT2D eigenvalue weighted by Gasteiger charge is 2.16. The van der Waals surface area contributed by atoms with Crippen LogP contribution in [-0.2, 0) is 0 Å². The van der Waals surface area contributed by atoms with E-state index in [1.54, 1.807) is 0 Å². The highest BCUT2D eigenvalue weighted by atomic mass is 31.0. The molecule has 0 radical (unpaired) electrons. The summed E-state index contributed by atoms with van der Waals surface area (Å²) in [6.45, 7) is 13.7. The normalized spacial score (nSPS) is 11.7. The van der Waals surface area contributed by atoms with Gasteiger partial charge in [-0.05, 0) is 50.9 Å². The molecule has 0 fully saturated rings. The molecule has 0 aliphatic rings. The van der Waals surface area contributed by atoms with Gasteiger partial charge in [-0.1, -0.05) is 77.9 Å². The van der Waals surface area contributed by atoms with E-state index in [0.29, 0.717) is 17.8 Å². The number of rotatable bonds is 4. The van der Waals surface area contributed by atoms with E-state index < -0.39 is 0 Å². The quantitative estimate of drug-likeness (QED) is 0.587. The van der Waals surface area contributed by atoms with E-state index >= 15 is 0 Å². The van der Waals surface area contributed by atoms with Gasteiger partial charge in [0.1, 0.15) is 0 Å². The van der Waals surface area contributed by atoms with Crippen molar-refractivity contribution in [2.24, 2.45) is 0 Å². The maximum absolute atomic E-state index is 2.90. The van der Waals surface area contributed by atoms with E-state index in [1.165, 1.54) is 33.1 Å². The van der Waals surface area contributed by atoms with Gasteiger partial charge in [-0.3, -0.25) is 0 Å². The highest BCUT2D eigenvalue weighted by Crippen LogP contribution is 2.36. The average molecular weight is 312 g/mol. The van der Waals surface area contributed by atoms with Crippen LogP contribution in [0.5, 0.6) is 0 Å². The zero-order chi connectivity index (χ0) is 16.4. The van der Waals surface area contributed by atoms with Gasteiger partial charge in [-0.25, -0.2) is 0 Å². The SMILES string of the molecule is CC(C)c1ccc(-c2cccc(P)c2C(C)C)c(C(C)C)c1. The van der Waals surface area contributed by atoms with Crippen molar-refractivity contribution in [2.75, 3.05) is 0 Å². The zero-order valence-electron chi connectivity index (χ0n) is 14.8. The summed E-state index contributed by atoms with van der Waals surface area (Å²) < 4.78 is 0. The first-order valence-corrected chi connectivity index (χ1v) is 8.93. The van der Waals surface area contributed by atoms with Gasteiger partial charge in [-0.15, -0.1) is 9.24 Å². The van der Waals surface area contributed by atoms with Crippen molar-refractivity contribution in [3.8, 4) is 11.1 Å². The fraction of sp³-hybridized carbons (Fsp3) is 0.429. The van der Waals surface area contributed by atoms with Crippen molar-refractivity contribution in [2.45, 2.75) is 59.3 Å². The Hall–Kier alpha value is -1.13. The van der Waals surface area contributed by atoms with Gasteiger partial charge >= 0.3 is 0 Å². The van der Waals surface area contributed by atoms with Crippen molar-refractivity contribution >= 4 is 14.5 Å². The van der Waals surface area contributed by atoms with Crippen LogP contribution in [0.4, 0.5) is 0 Å². The van der Waals surface area contributed by atoms with Gasteiger partial charge < -0.3 is 0 Å². The van der Waals surface area contributed by atoms with E-state index in [9.17, 15) is 0 Å². The first-order valence-electron chi connectivity index (χ1n) is 8.35. The van der Waals surface area contributed by atoms with Crippen molar-refractivity contribution in [1.82, 2.24) is 0 Å². The van der Waals surface area contributed by atoms with Crippen LogP contribution in [0.3, 0.4) is 0 Å². The standard InChI is InChI=1S/C21H29P/c1-13(2)16-10-11-17(19(12-16)14(3)4)18-8-7-9-20(22)21(18)15(5)6/h7-15H,22H2,1-6H3. The molecule has 0 N–H and O–H groups in total. The summed E-state index contributed by atoms with van der Waals surface area (Å²) >= 11 is 0. The summed E-state index contributed by atoms with van der Waals surface area (Å²) in [7, 11) is 2.90. The van der Waals surface area contributed by atoms with Gasteiger partial charge in [0, 0.05) is 0 Å². The van der Waals surface area contributed by atoms with Crippen LogP contribution in [0.2, 0.25) is 0 Å². The molecular formula is C21H29P. The van der Waals surface area contributed by atoms with Crippen LogP contribution in [0.15, 0.2) is 36.4 Å². The van der Waals surface area contributed by atoms with E-state index in [2.05, 4.69) is 87.2 Å². The minimum absolute atomic E-state index is 0.522. The first kappa shape index (κ1) is 17.2. The molecule has 0 nitrogen and oxygen atoms in total. The lowest BCUT2D eigenvalue weighted by Gasteiger charge is -2.21. The number of hydrogen-bond donors (Lipinski definition) is 0. The van der Waals surface area contributed by atoms with Crippen LogP contribution in [0.1, 0.15) is 76.0 Å². The summed E-state index contributed by atoms with van der Waals surface area (Å²) in [4.78, 5) is 0. The summed E-state index contributed by atoms with van der Waals surface area (Å²) in [5.41, 5.74) is 7.13. The second-order valence-corrected chi connectivity index (χ2v) is 7.74. The van der Waals surface area contributed by atoms with E-state index in [1.807, 2.05) is 0 Å². The lowest BCUT2D eigenvalue weighted by molar-refractivity contribution is 0.833. The molecular weight excluding hydrogens is 283 g/mol. The third-order valence-electron chi connectivity index (χ3n) is 4.37. The largest absolute Gasteiger partial charge is 0.105 e. The Bertz CT molecular complexity index is 651. The molecule has 2 aromatic rings. The minimum atomic E-state index is 0.522. The second kappa shape index (κ2) is 6.97. The third-order valence-corrected chi connectivity index (χ3v) is 4.88. The summed E-state index contributed by atoms with van der Waals surface area (Å²) in [6.07, 6.45) is 0. The van der Waals surface area contributed by atoms with Crippen LogP contribution in [0, 0.1) is 0 Å². The highest BCUT2D eigenvalue weighted by molar-refractivity contribution is 7.27. The van der Waals surface area contributed by atoms with E-state index in [-0.39, 0.29) is 0 Å². The molecule has 2 aromatic carbocycles. The maximum atomic E-state index is 2.90. The molecule has 1 unspecified atom stereocenters. The van der Waals surface area contributed by atoms with E-state index in [0.717, 1.165) is 0 Å². The van der Waals surface area contributed by atoms with Crippen LogP contribution in [-0.4, -0.2) is 0 Å². The molecule has 0 saturated heterocycles. The molecule has 0 aliphatic heterocycles. The third kappa shape index (κ3) is 3.44. The van der Waals surface area contributed by atoms with Gasteiger partial charge in [0.2, 0.25) is 0 Å². The smallest absolute Gasteiger partial charge is 0.0140 e. The van der Waals surface area contributed by atoms with Crippen molar-refractivity contribution in [3.63, 3.8) is 0 Å². The van der Waals surface area contributed by atoms with Gasteiger partial charge in [0.05, 0.1) is 0 Å². The Labute approximate surface area is 138 Å². The summed E-state index contributed by atoms with van der Waals surface area (Å²) in [5, 5.41) is 1.31. The van der Waals surface area contributed by atoms with E-state index in [4.69, 9.17) is 0 Å². The van der Waals surface area contributed by atoms with Gasteiger partial charge in [-0.2, -0.15) is 0 Å². The number of hydrogen-bond acceptors (Lipinski definition) is 0. The molecule has 0 bridgehead atoms. The van der Waals surface area contributed by atoms with Gasteiger partial charge in [0.25, 0.3) is 0 Å². The van der Waals surface area contributed by atoms with Crippen LogP contribution in [0.25, 0.3) is 11.1 Å². The van der Waals surface area contributed by atoms with Crippen molar-refractivity contribution in [1.29, 1.82) is 0 Å². The fourth-order valence-electron chi connectivity index (χ4n) is 3.13. The summed E-state index contributed by atoms with van der Waals surface area (Å²) in [6, 6.07) is 13.7. The molecule has 0 saturated carbocycles. The van der Waals surface area contributed by atoms with Crippen LogP contribution >= 0.6 is 9.24 Å². The second-order valence-electron chi connectivity index (χ2n) is 7.12. The molecule has 0 spiro atoms. The topological polar surface area (TPSA) is 0 Å². The molecule has 0 aliphatic carbocycles. The Morgan fingerprint density at radius 3 is 1.95 bits per heavy atom. The lowest BCUT2D eigenvalue weighted by Crippen LogP contribution is -2.07. The molecule has 1 atom stereocenters. The molecule has 1 heteroatoms. The predicted octanol–water partition coefficient (Wildman–Crippen LogP) is 6.22. The Morgan fingerprint density at radius 1 is 0.727 bits per heavy atom. The molecule has 2 rings (SSSR count). The van der Waals surface area contributed by atoms with Crippen LogP contribution < -0.4 is 5.30 Å². The number of benzene rings is 2. The molecule has 0 aromatic heterocycles. The summed E-state index contributed by atoms with van der Waals surface area (Å²) in [5.74, 6) is 1.62. The molecule has 118 valence electrons. The Morgan fingerprint density at radius 2 is 1.41 bits per heavy atom. The van der Waals surface area contributed by atoms with Gasteiger partial charge in [0.15, 0.2) is 0 Å². The molecule has 0 heterocycles. The fourth-order valence-corrected chi connectivity index (χ4v) is 3.73. The first-order chi connectivity index (χ1) is 10.3. The molecule has 22 heavy (non-hydrogen) atoms. The van der Waals surface area contributed by atoms with Crippen molar-refractivity contribution < 1.29 is 0 Å². The minimum Gasteiger partial charge on any atom is -0.105 e. The Kier molecular flexibility index (Phi) is 5.45. The van der Waals surface area contributed by atoms with Crippen molar-refractivity contribution in [3.05, 3.63) is 53.1 Å². The maximum Gasteiger partial charge on any atom is -0.0140 e.